The third kappa shape index (κ3) is 4.86. The quantitative estimate of drug-likeness (QED) is 0.122. The molecule has 0 bridgehead atoms. The second-order valence-electron chi connectivity index (χ2n) is 22.4. The highest BCUT2D eigenvalue weighted by Gasteiger charge is 2.31. The summed E-state index contributed by atoms with van der Waals surface area (Å²) in [5, 5.41) is 37.5. The Morgan fingerprint density at radius 3 is 1.04 bits per heavy atom. The van der Waals surface area contributed by atoms with E-state index in [0.29, 0.717) is 0 Å². The van der Waals surface area contributed by atoms with Crippen molar-refractivity contribution in [1.82, 2.24) is 0 Å². The summed E-state index contributed by atoms with van der Waals surface area (Å²) < 4.78 is 0. The molecule has 0 spiro atoms. The van der Waals surface area contributed by atoms with Crippen molar-refractivity contribution in [3.05, 3.63) is 242 Å². The summed E-state index contributed by atoms with van der Waals surface area (Å²) in [5.41, 5.74) is 12.9. The fourth-order valence-corrected chi connectivity index (χ4v) is 15.9. The van der Waals surface area contributed by atoms with Crippen LogP contribution in [0, 0.1) is 13.8 Å². The number of hydrogen-bond donors (Lipinski definition) is 0. The zero-order valence-corrected chi connectivity index (χ0v) is 42.9. The molecular weight excluding hydrogens is 937 g/mol. The van der Waals surface area contributed by atoms with Crippen molar-refractivity contribution < 1.29 is 0 Å². The first-order valence-electron chi connectivity index (χ1n) is 27.6. The molecule has 0 saturated carbocycles. The van der Waals surface area contributed by atoms with Gasteiger partial charge in [0.2, 0.25) is 0 Å². The predicted molar refractivity (Wildman–Crippen MR) is 339 cm³/mol. The summed E-state index contributed by atoms with van der Waals surface area (Å²) in [6.07, 6.45) is 0. The monoisotopic (exact) mass is 980 g/mol. The first-order valence-corrected chi connectivity index (χ1v) is 27.6. The molecule has 0 aliphatic heterocycles. The molecule has 0 heterocycles. The third-order valence-electron chi connectivity index (χ3n) is 18.9. The summed E-state index contributed by atoms with van der Waals surface area (Å²) in [7, 11) is 0. The van der Waals surface area contributed by atoms with Gasteiger partial charge in [0.25, 0.3) is 0 Å². The van der Waals surface area contributed by atoms with Crippen molar-refractivity contribution in [1.29, 1.82) is 0 Å². The molecule has 19 aromatic rings. The smallest absolute Gasteiger partial charge is 0.000696 e. The molecule has 0 atom stereocenters. The van der Waals surface area contributed by atoms with Crippen molar-refractivity contribution in [3.63, 3.8) is 0 Å². The summed E-state index contributed by atoms with van der Waals surface area (Å²) >= 11 is 0. The van der Waals surface area contributed by atoms with Crippen molar-refractivity contribution >= 4 is 151 Å². The number of aryl methyl sites for hydroxylation is 2. The van der Waals surface area contributed by atoms with Crippen LogP contribution in [0.3, 0.4) is 0 Å². The summed E-state index contributed by atoms with van der Waals surface area (Å²) in [6.45, 7) is 4.60. The van der Waals surface area contributed by atoms with Crippen LogP contribution in [-0.2, 0) is 0 Å². The zero-order valence-electron chi connectivity index (χ0n) is 42.9. The van der Waals surface area contributed by atoms with E-state index in [-0.39, 0.29) is 0 Å². The zero-order chi connectivity index (χ0) is 50.8. The van der Waals surface area contributed by atoms with Crippen LogP contribution in [0.5, 0.6) is 0 Å². The minimum Gasteiger partial charge on any atom is -0.0622 e. The van der Waals surface area contributed by atoms with E-state index in [1.807, 2.05) is 0 Å². The fraction of sp³-hybridized carbons (Fsp3) is 0.0256. The maximum absolute atomic E-state index is 2.50. The predicted octanol–water partition coefficient (Wildman–Crippen LogP) is 22.3. The molecule has 0 saturated heterocycles. The molecule has 0 unspecified atom stereocenters. The van der Waals surface area contributed by atoms with E-state index in [9.17, 15) is 0 Å². The number of benzene rings is 15. The number of fused-ring (bicyclic) bond motifs is 15. The molecule has 0 aliphatic rings. The van der Waals surface area contributed by atoms with Crippen molar-refractivity contribution in [2.45, 2.75) is 13.8 Å². The Kier molecular flexibility index (Phi) is 7.71. The van der Waals surface area contributed by atoms with E-state index in [1.165, 1.54) is 206 Å². The minimum absolute atomic E-state index is 1.23. The molecule has 0 aliphatic carbocycles. The van der Waals surface area contributed by atoms with Crippen LogP contribution < -0.4 is 0 Å². The van der Waals surface area contributed by atoms with Gasteiger partial charge in [-0.05, 0) is 220 Å². The Labute approximate surface area is 448 Å². The maximum atomic E-state index is 2.50. The molecule has 0 heteroatoms. The molecular formula is C78H44. The molecule has 19 aromatic carbocycles. The maximum Gasteiger partial charge on any atom is -0.000696 e. The summed E-state index contributed by atoms with van der Waals surface area (Å²) in [4.78, 5) is 0. The Morgan fingerprint density at radius 1 is 0.167 bits per heavy atom. The summed E-state index contributed by atoms with van der Waals surface area (Å²) in [6, 6.07) is 88.3. The topological polar surface area (TPSA) is 0 Å². The van der Waals surface area contributed by atoms with E-state index in [2.05, 4.69) is 244 Å². The molecule has 19 rings (SSSR count). The van der Waals surface area contributed by atoms with E-state index >= 15 is 0 Å². The van der Waals surface area contributed by atoms with Gasteiger partial charge in [-0.25, -0.2) is 0 Å². The Morgan fingerprint density at radius 2 is 0.487 bits per heavy atom. The van der Waals surface area contributed by atoms with Gasteiger partial charge in [0.15, 0.2) is 0 Å². The molecule has 0 nitrogen and oxygen atoms in total. The van der Waals surface area contributed by atoms with Crippen LogP contribution >= 0.6 is 0 Å². The normalized spacial score (nSPS) is 12.7. The number of rotatable bonds is 4. The van der Waals surface area contributed by atoms with E-state index in [0.717, 1.165) is 0 Å². The Bertz CT molecular complexity index is 5610. The Hall–Kier alpha value is -9.88. The highest BCUT2D eigenvalue weighted by molar-refractivity contribution is 6.53. The van der Waals surface area contributed by atoms with Crippen LogP contribution in [0.2, 0.25) is 0 Å². The Balaban J connectivity index is 1.01. The lowest BCUT2D eigenvalue weighted by Gasteiger charge is -2.17. The summed E-state index contributed by atoms with van der Waals surface area (Å²) in [5.74, 6) is 0. The van der Waals surface area contributed by atoms with Crippen molar-refractivity contribution in [2.24, 2.45) is 0 Å². The largest absolute Gasteiger partial charge is 0.0622 e. The second kappa shape index (κ2) is 14.5. The van der Waals surface area contributed by atoms with Gasteiger partial charge in [-0.15, -0.1) is 0 Å². The lowest BCUT2D eigenvalue weighted by atomic mass is 9.85. The molecule has 0 radical (unpaired) electrons. The van der Waals surface area contributed by atoms with Crippen LogP contribution in [0.15, 0.2) is 231 Å². The van der Waals surface area contributed by atoms with Crippen LogP contribution in [0.4, 0.5) is 0 Å². The first-order chi connectivity index (χ1) is 38.6. The molecule has 0 fully saturated rings. The standard InChI is InChI=1S/C78H44/c1-41-17-6-8-23-45(41)70-74-56-30-14-21-44-22-15-31-57(63(44)56)75(74)71(46-24-9-7-18-42(46)2)77-61-39-35-55-53-36-40-62-68-59(37-33-52(64(53)68)54-34-38-60(76(70)77)69(61)65(54)55)73-66(49-27-12-10-25-47(49)43-19-4-3-5-20-43)58-32-16-29-50-48-26-11-13-28-51(48)72(67(50)58)78(62)73/h3-40H,1-2H3. The number of hydrogen-bond acceptors (Lipinski definition) is 0. The van der Waals surface area contributed by atoms with Gasteiger partial charge in [-0.1, -0.05) is 231 Å². The lowest BCUT2D eigenvalue weighted by molar-refractivity contribution is 1.47. The molecule has 78 heavy (non-hydrogen) atoms. The SMILES string of the molecule is Cc1ccccc1-c1c2c3cccc4cccc(c2c(-c2ccccc2C)c2c5ccc6c7ccc8c9c(ccc(c%10ccc(c12)c5c%106)c79)c1c(-c2ccccc2-c2ccccc2)c2cccc5c6ccccc6c(c25)c81)c43. The van der Waals surface area contributed by atoms with E-state index in [1.54, 1.807) is 0 Å². The van der Waals surface area contributed by atoms with Gasteiger partial charge in [-0.2, -0.15) is 0 Å². The molecule has 0 aromatic heterocycles. The lowest BCUT2D eigenvalue weighted by Crippen LogP contribution is -1.91. The average molecular weight is 981 g/mol. The van der Waals surface area contributed by atoms with Gasteiger partial charge in [-0.3, -0.25) is 0 Å². The fourth-order valence-electron chi connectivity index (χ4n) is 15.9. The van der Waals surface area contributed by atoms with Crippen LogP contribution in [0.1, 0.15) is 11.1 Å². The van der Waals surface area contributed by atoms with E-state index < -0.39 is 0 Å². The second-order valence-corrected chi connectivity index (χ2v) is 22.4. The molecule has 0 N–H and O–H groups in total. The van der Waals surface area contributed by atoms with Gasteiger partial charge in [0.05, 0.1) is 0 Å². The average Bonchev–Trinajstić information content (AvgIpc) is 3.33. The van der Waals surface area contributed by atoms with Crippen LogP contribution in [-0.4, -0.2) is 0 Å². The minimum atomic E-state index is 1.23. The van der Waals surface area contributed by atoms with Gasteiger partial charge >= 0.3 is 0 Å². The van der Waals surface area contributed by atoms with Crippen molar-refractivity contribution in [2.75, 3.05) is 0 Å². The molecule has 0 amide bonds. The highest BCUT2D eigenvalue weighted by Crippen LogP contribution is 2.60. The van der Waals surface area contributed by atoms with Gasteiger partial charge in [0, 0.05) is 0 Å². The van der Waals surface area contributed by atoms with Crippen LogP contribution in [0.25, 0.3) is 195 Å². The third-order valence-corrected chi connectivity index (χ3v) is 18.9. The van der Waals surface area contributed by atoms with Gasteiger partial charge in [0.1, 0.15) is 0 Å². The van der Waals surface area contributed by atoms with E-state index in [4.69, 9.17) is 0 Å². The highest BCUT2D eigenvalue weighted by atomic mass is 14.3. The van der Waals surface area contributed by atoms with Crippen molar-refractivity contribution in [3.8, 4) is 44.5 Å². The molecule has 356 valence electrons. The van der Waals surface area contributed by atoms with Gasteiger partial charge < -0.3 is 0 Å². The first kappa shape index (κ1) is 41.4.